The van der Waals surface area contributed by atoms with E-state index in [9.17, 15) is 8.42 Å². The third kappa shape index (κ3) is 4.74. The van der Waals surface area contributed by atoms with Crippen molar-refractivity contribution >= 4 is 10.0 Å². The summed E-state index contributed by atoms with van der Waals surface area (Å²) in [6, 6.07) is 0. The van der Waals surface area contributed by atoms with Crippen LogP contribution in [-0.2, 0) is 10.0 Å². The Bertz CT molecular complexity index is 249. The van der Waals surface area contributed by atoms with Crippen molar-refractivity contribution in [1.29, 1.82) is 0 Å². The smallest absolute Gasteiger partial charge is 0.214 e. The second-order valence-corrected chi connectivity index (χ2v) is 5.13. The third-order valence-electron chi connectivity index (χ3n) is 1.76. The highest BCUT2D eigenvalue weighted by Crippen LogP contribution is 2.04. The Kier molecular flexibility index (Phi) is 6.78. The number of aliphatic hydroxyl groups excluding tert-OH is 1. The fourth-order valence-corrected chi connectivity index (χ4v) is 2.66. The lowest BCUT2D eigenvalue weighted by atomic mass is 10.5. The van der Waals surface area contributed by atoms with Gasteiger partial charge in [-0.1, -0.05) is 13.0 Å². The maximum absolute atomic E-state index is 11.6. The molecule has 0 aromatic rings. The van der Waals surface area contributed by atoms with Gasteiger partial charge in [-0.15, -0.1) is 6.58 Å². The second kappa shape index (κ2) is 6.98. The largest absolute Gasteiger partial charge is 0.396 e. The van der Waals surface area contributed by atoms with Gasteiger partial charge in [0.1, 0.15) is 0 Å². The molecule has 0 heterocycles. The van der Waals surface area contributed by atoms with Crippen molar-refractivity contribution in [3.8, 4) is 0 Å². The van der Waals surface area contributed by atoms with Crippen LogP contribution in [0.25, 0.3) is 0 Å². The molecule has 0 atom stereocenters. The molecular formula is C9H19NO3S. The molecule has 0 aromatic heterocycles. The third-order valence-corrected chi connectivity index (χ3v) is 3.68. The highest BCUT2D eigenvalue weighted by Gasteiger charge is 2.18. The first kappa shape index (κ1) is 13.6. The van der Waals surface area contributed by atoms with E-state index in [1.807, 2.05) is 6.92 Å². The first-order valence-electron chi connectivity index (χ1n) is 4.78. The SMILES string of the molecule is C=CCN(CCC)S(=O)(=O)CCCO. The normalized spacial score (nSPS) is 11.9. The van der Waals surface area contributed by atoms with E-state index in [1.54, 1.807) is 6.08 Å². The van der Waals surface area contributed by atoms with Crippen molar-refractivity contribution in [3.05, 3.63) is 12.7 Å². The van der Waals surface area contributed by atoms with Crippen molar-refractivity contribution in [3.63, 3.8) is 0 Å². The van der Waals surface area contributed by atoms with Crippen molar-refractivity contribution in [2.24, 2.45) is 0 Å². The molecule has 0 saturated carbocycles. The summed E-state index contributed by atoms with van der Waals surface area (Å²) in [7, 11) is -3.21. The molecule has 0 aliphatic carbocycles. The molecule has 0 unspecified atom stereocenters. The van der Waals surface area contributed by atoms with E-state index in [-0.39, 0.29) is 12.4 Å². The van der Waals surface area contributed by atoms with E-state index in [1.165, 1.54) is 4.31 Å². The van der Waals surface area contributed by atoms with Crippen molar-refractivity contribution in [2.45, 2.75) is 19.8 Å². The van der Waals surface area contributed by atoms with Crippen molar-refractivity contribution in [2.75, 3.05) is 25.4 Å². The van der Waals surface area contributed by atoms with E-state index in [4.69, 9.17) is 5.11 Å². The summed E-state index contributed by atoms with van der Waals surface area (Å²) in [5.41, 5.74) is 0. The molecule has 0 rings (SSSR count). The van der Waals surface area contributed by atoms with Crippen LogP contribution in [0.5, 0.6) is 0 Å². The Morgan fingerprint density at radius 2 is 2.14 bits per heavy atom. The van der Waals surface area contributed by atoms with Crippen molar-refractivity contribution < 1.29 is 13.5 Å². The maximum atomic E-state index is 11.6. The van der Waals surface area contributed by atoms with Gasteiger partial charge in [0.2, 0.25) is 10.0 Å². The van der Waals surface area contributed by atoms with Crippen LogP contribution in [0.2, 0.25) is 0 Å². The highest BCUT2D eigenvalue weighted by atomic mass is 32.2. The first-order chi connectivity index (χ1) is 6.58. The lowest BCUT2D eigenvalue weighted by molar-refractivity contribution is 0.294. The van der Waals surface area contributed by atoms with Gasteiger partial charge in [0.25, 0.3) is 0 Å². The van der Waals surface area contributed by atoms with Gasteiger partial charge in [-0.3, -0.25) is 0 Å². The molecular weight excluding hydrogens is 202 g/mol. The van der Waals surface area contributed by atoms with Gasteiger partial charge >= 0.3 is 0 Å². The first-order valence-corrected chi connectivity index (χ1v) is 6.39. The minimum absolute atomic E-state index is 0.0112. The molecule has 0 amide bonds. The average Bonchev–Trinajstić information content (AvgIpc) is 2.14. The molecule has 0 fully saturated rings. The van der Waals surface area contributed by atoms with Gasteiger partial charge in [-0.05, 0) is 12.8 Å². The Labute approximate surface area is 86.3 Å². The number of rotatable bonds is 8. The molecule has 0 aliphatic heterocycles. The fourth-order valence-electron chi connectivity index (χ4n) is 1.11. The van der Waals surface area contributed by atoms with Crippen LogP contribution in [-0.4, -0.2) is 43.3 Å². The quantitative estimate of drug-likeness (QED) is 0.611. The summed E-state index contributed by atoms with van der Waals surface area (Å²) in [6.07, 6.45) is 2.65. The average molecular weight is 221 g/mol. The molecule has 1 N–H and O–H groups in total. The molecule has 0 spiro atoms. The number of hydrogen-bond donors (Lipinski definition) is 1. The zero-order chi connectivity index (χ0) is 11.0. The van der Waals surface area contributed by atoms with Crippen LogP contribution < -0.4 is 0 Å². The summed E-state index contributed by atoms with van der Waals surface area (Å²) < 4.78 is 24.7. The second-order valence-electron chi connectivity index (χ2n) is 3.04. The molecule has 4 nitrogen and oxygen atoms in total. The van der Waals surface area contributed by atoms with Gasteiger partial charge in [0, 0.05) is 19.7 Å². The predicted molar refractivity (Wildman–Crippen MR) is 57.6 cm³/mol. The molecule has 0 radical (unpaired) electrons. The van der Waals surface area contributed by atoms with E-state index >= 15 is 0 Å². The van der Waals surface area contributed by atoms with Gasteiger partial charge in [-0.25, -0.2) is 8.42 Å². The molecule has 0 bridgehead atoms. The molecule has 14 heavy (non-hydrogen) atoms. The maximum Gasteiger partial charge on any atom is 0.214 e. The van der Waals surface area contributed by atoms with Gasteiger partial charge in [0.15, 0.2) is 0 Å². The number of sulfonamides is 1. The van der Waals surface area contributed by atoms with Gasteiger partial charge < -0.3 is 5.11 Å². The highest BCUT2D eigenvalue weighted by molar-refractivity contribution is 7.89. The summed E-state index contributed by atoms with van der Waals surface area (Å²) in [5, 5.41) is 8.57. The topological polar surface area (TPSA) is 57.6 Å². The van der Waals surface area contributed by atoms with Crippen LogP contribution in [0.1, 0.15) is 19.8 Å². The number of nitrogens with zero attached hydrogens (tertiary/aromatic N) is 1. The standard InChI is InChI=1S/C9H19NO3S/c1-3-6-10(7-4-2)14(12,13)9-5-8-11/h3,11H,1,4-9H2,2H3. The molecule has 0 aromatic carbocycles. The molecule has 84 valence electrons. The van der Waals surface area contributed by atoms with Crippen LogP contribution >= 0.6 is 0 Å². The summed E-state index contributed by atoms with van der Waals surface area (Å²) in [6.45, 7) is 6.22. The zero-order valence-electron chi connectivity index (χ0n) is 8.65. The Morgan fingerprint density at radius 1 is 1.50 bits per heavy atom. The van der Waals surface area contributed by atoms with Gasteiger partial charge in [-0.2, -0.15) is 4.31 Å². The monoisotopic (exact) mass is 221 g/mol. The zero-order valence-corrected chi connectivity index (χ0v) is 9.46. The van der Waals surface area contributed by atoms with Crippen LogP contribution in [0.3, 0.4) is 0 Å². The van der Waals surface area contributed by atoms with Gasteiger partial charge in [0.05, 0.1) is 5.75 Å². The molecule has 0 saturated heterocycles. The number of aliphatic hydroxyl groups is 1. The Balaban J connectivity index is 4.37. The van der Waals surface area contributed by atoms with Crippen LogP contribution in [0.15, 0.2) is 12.7 Å². The van der Waals surface area contributed by atoms with Crippen LogP contribution in [0, 0.1) is 0 Å². The fraction of sp³-hybridized carbons (Fsp3) is 0.778. The van der Waals surface area contributed by atoms with E-state index in [0.717, 1.165) is 6.42 Å². The summed E-state index contributed by atoms with van der Waals surface area (Å²) >= 11 is 0. The van der Waals surface area contributed by atoms with Crippen molar-refractivity contribution in [1.82, 2.24) is 4.31 Å². The molecule has 0 aliphatic rings. The minimum atomic E-state index is -3.21. The molecule has 5 heteroatoms. The number of hydrogen-bond acceptors (Lipinski definition) is 3. The summed E-state index contributed by atoms with van der Waals surface area (Å²) in [4.78, 5) is 0. The lowest BCUT2D eigenvalue weighted by Gasteiger charge is -2.19. The Hall–Kier alpha value is -0.390. The van der Waals surface area contributed by atoms with Crippen LogP contribution in [0.4, 0.5) is 0 Å². The minimum Gasteiger partial charge on any atom is -0.396 e. The summed E-state index contributed by atoms with van der Waals surface area (Å²) in [5.74, 6) is 0.0112. The van der Waals surface area contributed by atoms with E-state index < -0.39 is 10.0 Å². The van der Waals surface area contributed by atoms with E-state index in [0.29, 0.717) is 19.5 Å². The predicted octanol–water partition coefficient (Wildman–Crippen LogP) is 0.597. The Morgan fingerprint density at radius 3 is 2.57 bits per heavy atom. The van der Waals surface area contributed by atoms with E-state index in [2.05, 4.69) is 6.58 Å². The lowest BCUT2D eigenvalue weighted by Crippen LogP contribution is -2.34.